The fourth-order valence-electron chi connectivity index (χ4n) is 3.81. The fraction of sp³-hybridized carbons (Fsp3) is 0.292. The van der Waals surface area contributed by atoms with Crippen molar-refractivity contribution in [3.8, 4) is 11.3 Å². The minimum atomic E-state index is -0.960. The summed E-state index contributed by atoms with van der Waals surface area (Å²) >= 11 is 0. The van der Waals surface area contributed by atoms with Crippen LogP contribution in [0.3, 0.4) is 0 Å². The predicted molar refractivity (Wildman–Crippen MR) is 114 cm³/mol. The maximum atomic E-state index is 15.1. The minimum Gasteiger partial charge on any atom is -0.358 e. The maximum absolute atomic E-state index is 15.1. The number of hydrogen-bond donors (Lipinski definition) is 0. The predicted octanol–water partition coefficient (Wildman–Crippen LogP) is 5.35. The summed E-state index contributed by atoms with van der Waals surface area (Å²) in [6.07, 6.45) is 4.91. The highest BCUT2D eigenvalue weighted by Gasteiger charge is 2.32. The third-order valence-electron chi connectivity index (χ3n) is 5.67. The Bertz CT molecular complexity index is 1130. The molecule has 0 N–H and O–H groups in total. The van der Waals surface area contributed by atoms with Gasteiger partial charge in [-0.3, -0.25) is 14.7 Å². The summed E-state index contributed by atoms with van der Waals surface area (Å²) < 4.78 is 49.8. The van der Waals surface area contributed by atoms with Gasteiger partial charge in [0.15, 0.2) is 5.82 Å². The van der Waals surface area contributed by atoms with E-state index >= 15 is 4.39 Å². The first-order valence-corrected chi connectivity index (χ1v) is 10.4. The molecule has 4 rings (SSSR count). The lowest BCUT2D eigenvalue weighted by Gasteiger charge is -2.34. The Morgan fingerprint density at radius 3 is 2.44 bits per heavy atom. The van der Waals surface area contributed by atoms with Crippen molar-refractivity contribution in [2.24, 2.45) is 0 Å². The molecular formula is C24H22F3N3O2. The zero-order chi connectivity index (χ0) is 22.8. The number of ether oxygens (including phenoxy) is 1. The third kappa shape index (κ3) is 3.98. The molecule has 1 aliphatic heterocycles. The van der Waals surface area contributed by atoms with Gasteiger partial charge < -0.3 is 4.74 Å². The summed E-state index contributed by atoms with van der Waals surface area (Å²) in [6, 6.07) is 6.63. The number of benzene rings is 1. The zero-order valence-corrected chi connectivity index (χ0v) is 17.7. The quantitative estimate of drug-likeness (QED) is 0.548. The van der Waals surface area contributed by atoms with Gasteiger partial charge in [0.05, 0.1) is 17.4 Å². The summed E-state index contributed by atoms with van der Waals surface area (Å²) in [4.78, 5) is 23.4. The number of nitrogens with zero attached hydrogens (tertiary/aromatic N) is 3. The van der Waals surface area contributed by atoms with E-state index in [0.717, 1.165) is 25.0 Å². The number of aromatic nitrogens is 2. The van der Waals surface area contributed by atoms with Crippen molar-refractivity contribution >= 4 is 11.6 Å². The normalized spacial score (nSPS) is 16.1. The molecule has 2 aromatic heterocycles. The average Bonchev–Trinajstić information content (AvgIpc) is 2.80. The van der Waals surface area contributed by atoms with Gasteiger partial charge in [0.25, 0.3) is 5.91 Å². The third-order valence-corrected chi connectivity index (χ3v) is 5.67. The lowest BCUT2D eigenvalue weighted by atomic mass is 10.0. The number of pyridine rings is 2. The largest absolute Gasteiger partial charge is 0.358 e. The van der Waals surface area contributed by atoms with Crippen molar-refractivity contribution in [2.75, 3.05) is 11.5 Å². The highest BCUT2D eigenvalue weighted by molar-refractivity contribution is 6.06. The Hall–Kier alpha value is -3.26. The first-order valence-electron chi connectivity index (χ1n) is 10.4. The maximum Gasteiger partial charge on any atom is 0.279 e. The molecule has 3 heterocycles. The molecule has 5 nitrogen and oxygen atoms in total. The standard InChI is InChI=1S/C24H22F3N3O2/c1-14-15(2)22(29-23(21(14)27)20-17(25)8-5-9-18(20)26)24(31)30(16-7-6-11-28-13-16)19-10-3-4-12-32-19/h5-9,11,13,19H,3-4,10,12H2,1-2H3. The highest BCUT2D eigenvalue weighted by Crippen LogP contribution is 2.32. The van der Waals surface area contributed by atoms with Gasteiger partial charge in [0.1, 0.15) is 29.3 Å². The molecule has 0 saturated carbocycles. The molecule has 1 unspecified atom stereocenters. The number of hydrogen-bond acceptors (Lipinski definition) is 4. The molecule has 8 heteroatoms. The molecular weight excluding hydrogens is 419 g/mol. The van der Waals surface area contributed by atoms with Gasteiger partial charge in [-0.05, 0) is 68.5 Å². The summed E-state index contributed by atoms with van der Waals surface area (Å²) in [6.45, 7) is 3.51. The molecule has 1 amide bonds. The molecule has 166 valence electrons. The van der Waals surface area contributed by atoms with Crippen LogP contribution in [-0.4, -0.2) is 28.7 Å². The van der Waals surface area contributed by atoms with E-state index in [4.69, 9.17) is 4.74 Å². The summed E-state index contributed by atoms with van der Waals surface area (Å²) in [5, 5.41) is 0. The van der Waals surface area contributed by atoms with Crippen LogP contribution in [-0.2, 0) is 4.74 Å². The van der Waals surface area contributed by atoms with Crippen LogP contribution < -0.4 is 4.90 Å². The van der Waals surface area contributed by atoms with Crippen molar-refractivity contribution < 1.29 is 22.7 Å². The van der Waals surface area contributed by atoms with Gasteiger partial charge in [0, 0.05) is 12.8 Å². The van der Waals surface area contributed by atoms with E-state index in [2.05, 4.69) is 9.97 Å². The Kier molecular flexibility index (Phi) is 6.23. The van der Waals surface area contributed by atoms with Gasteiger partial charge in [-0.1, -0.05) is 6.07 Å². The summed E-state index contributed by atoms with van der Waals surface area (Å²) in [5.41, 5.74) is -0.369. The Balaban J connectivity index is 1.87. The summed E-state index contributed by atoms with van der Waals surface area (Å²) in [7, 11) is 0. The molecule has 1 aromatic carbocycles. The van der Waals surface area contributed by atoms with Crippen molar-refractivity contribution in [1.29, 1.82) is 0 Å². The van der Waals surface area contributed by atoms with E-state index in [0.29, 0.717) is 18.7 Å². The van der Waals surface area contributed by atoms with E-state index < -0.39 is 40.8 Å². The highest BCUT2D eigenvalue weighted by atomic mass is 19.1. The average molecular weight is 441 g/mol. The van der Waals surface area contributed by atoms with Crippen molar-refractivity contribution in [1.82, 2.24) is 9.97 Å². The summed E-state index contributed by atoms with van der Waals surface area (Å²) in [5.74, 6) is -3.34. The van der Waals surface area contributed by atoms with Gasteiger partial charge in [0.2, 0.25) is 0 Å². The molecule has 0 spiro atoms. The molecule has 32 heavy (non-hydrogen) atoms. The lowest BCUT2D eigenvalue weighted by Crippen LogP contribution is -2.44. The van der Waals surface area contributed by atoms with E-state index in [-0.39, 0.29) is 16.8 Å². The Labute approximate surface area is 183 Å². The van der Waals surface area contributed by atoms with Gasteiger partial charge >= 0.3 is 0 Å². The first-order chi connectivity index (χ1) is 15.4. The van der Waals surface area contributed by atoms with E-state index in [1.807, 2.05) is 0 Å². The minimum absolute atomic E-state index is 0.0942. The van der Waals surface area contributed by atoms with Gasteiger partial charge in [-0.2, -0.15) is 0 Å². The SMILES string of the molecule is Cc1c(C(=O)N(c2cccnc2)C2CCCCO2)nc(-c2c(F)cccc2F)c(F)c1C. The molecule has 0 radical (unpaired) electrons. The van der Waals surface area contributed by atoms with Crippen LogP contribution in [0.5, 0.6) is 0 Å². The zero-order valence-electron chi connectivity index (χ0n) is 17.7. The van der Waals surface area contributed by atoms with Crippen molar-refractivity contribution in [2.45, 2.75) is 39.3 Å². The van der Waals surface area contributed by atoms with E-state index in [9.17, 15) is 13.6 Å². The van der Waals surface area contributed by atoms with Crippen LogP contribution in [0, 0.1) is 31.3 Å². The van der Waals surface area contributed by atoms with Gasteiger partial charge in [-0.25, -0.2) is 18.2 Å². The van der Waals surface area contributed by atoms with Crippen LogP contribution in [0.15, 0.2) is 42.7 Å². The van der Waals surface area contributed by atoms with Crippen LogP contribution in [0.1, 0.15) is 40.9 Å². The second kappa shape index (κ2) is 9.08. The van der Waals surface area contributed by atoms with E-state index in [1.165, 1.54) is 24.1 Å². The second-order valence-electron chi connectivity index (χ2n) is 7.68. The monoisotopic (exact) mass is 441 g/mol. The van der Waals surface area contributed by atoms with Crippen LogP contribution in [0.4, 0.5) is 18.9 Å². The van der Waals surface area contributed by atoms with Crippen LogP contribution >= 0.6 is 0 Å². The van der Waals surface area contributed by atoms with E-state index in [1.54, 1.807) is 25.3 Å². The second-order valence-corrected chi connectivity index (χ2v) is 7.68. The first kappa shape index (κ1) is 22.0. The number of amides is 1. The van der Waals surface area contributed by atoms with Gasteiger partial charge in [-0.15, -0.1) is 0 Å². The number of carbonyl (C=O) groups is 1. The molecule has 1 saturated heterocycles. The lowest BCUT2D eigenvalue weighted by molar-refractivity contribution is 0.0143. The smallest absolute Gasteiger partial charge is 0.279 e. The molecule has 0 aliphatic carbocycles. The number of anilines is 1. The molecule has 3 aromatic rings. The van der Waals surface area contributed by atoms with Crippen LogP contribution in [0.2, 0.25) is 0 Å². The molecule has 1 fully saturated rings. The molecule has 0 bridgehead atoms. The number of halogens is 3. The Morgan fingerprint density at radius 2 is 1.81 bits per heavy atom. The molecule has 1 atom stereocenters. The van der Waals surface area contributed by atoms with Crippen molar-refractivity contribution in [3.05, 3.63) is 77.0 Å². The molecule has 1 aliphatic rings. The van der Waals surface area contributed by atoms with Crippen molar-refractivity contribution in [3.63, 3.8) is 0 Å². The van der Waals surface area contributed by atoms with Crippen LogP contribution in [0.25, 0.3) is 11.3 Å². The fourth-order valence-corrected chi connectivity index (χ4v) is 3.81. The number of carbonyl (C=O) groups excluding carboxylic acids is 1. The topological polar surface area (TPSA) is 55.3 Å². The number of rotatable bonds is 4. The Morgan fingerprint density at radius 1 is 1.06 bits per heavy atom.